The van der Waals surface area contributed by atoms with E-state index in [4.69, 9.17) is 14.2 Å². The smallest absolute Gasteiger partial charge is 0.306 e. The maximum absolute atomic E-state index is 12.8. The van der Waals surface area contributed by atoms with Crippen LogP contribution < -0.4 is 0 Å². The molecule has 0 aliphatic carbocycles. The molecule has 0 saturated heterocycles. The van der Waals surface area contributed by atoms with Gasteiger partial charge in [0.2, 0.25) is 0 Å². The monoisotopic (exact) mass is 877 g/mol. The molecule has 0 unspecified atom stereocenters. The number of unbranched alkanes of at least 4 members (excludes halogenated alkanes) is 35. The minimum atomic E-state index is -0.762. The first kappa shape index (κ1) is 60.4. The lowest BCUT2D eigenvalue weighted by atomic mass is 10.0. The molecule has 1 atom stereocenters. The predicted octanol–water partition coefficient (Wildman–Crippen LogP) is 18.1. The summed E-state index contributed by atoms with van der Waals surface area (Å²) in [5.41, 5.74) is 0. The quantitative estimate of drug-likeness (QED) is 0.0344. The van der Waals surface area contributed by atoms with Crippen molar-refractivity contribution >= 4 is 17.9 Å². The van der Waals surface area contributed by atoms with E-state index in [1.165, 1.54) is 199 Å². The minimum absolute atomic E-state index is 0.0636. The predicted molar refractivity (Wildman–Crippen MR) is 266 cm³/mol. The highest BCUT2D eigenvalue weighted by atomic mass is 16.6. The summed E-state index contributed by atoms with van der Waals surface area (Å²) in [5.74, 6) is 0.785. The fourth-order valence-corrected chi connectivity index (χ4v) is 8.52. The van der Waals surface area contributed by atoms with Crippen LogP contribution in [0.2, 0.25) is 0 Å². The van der Waals surface area contributed by atoms with Crippen molar-refractivity contribution < 1.29 is 28.6 Å². The maximum Gasteiger partial charge on any atom is 0.306 e. The Bertz CT molecular complexity index is 947. The summed E-state index contributed by atoms with van der Waals surface area (Å²) in [6.07, 6.45) is 51.0. The fourth-order valence-electron chi connectivity index (χ4n) is 8.52. The number of carbonyl (C=O) groups is 3. The van der Waals surface area contributed by atoms with Gasteiger partial charge in [0.25, 0.3) is 0 Å². The van der Waals surface area contributed by atoms with Crippen LogP contribution in [0.15, 0.2) is 0 Å². The normalized spacial score (nSPS) is 12.0. The second-order valence-corrected chi connectivity index (χ2v) is 20.2. The third-order valence-corrected chi connectivity index (χ3v) is 12.7. The second kappa shape index (κ2) is 48.9. The molecule has 0 aromatic heterocycles. The van der Waals surface area contributed by atoms with Crippen LogP contribution in [0.5, 0.6) is 0 Å². The van der Waals surface area contributed by atoms with Gasteiger partial charge < -0.3 is 14.2 Å². The molecular formula is C56H108O6. The first-order valence-electron chi connectivity index (χ1n) is 27.7. The lowest BCUT2D eigenvalue weighted by Crippen LogP contribution is -2.30. The van der Waals surface area contributed by atoms with E-state index in [0.717, 1.165) is 69.6 Å². The van der Waals surface area contributed by atoms with Crippen molar-refractivity contribution in [2.45, 2.75) is 317 Å². The molecule has 0 fully saturated rings. The standard InChI is InChI=1S/C56H108O6/c1-6-7-8-9-10-11-12-13-14-17-21-24-27-32-38-43-48-56(59)62-53(50-61-55(58)47-42-37-33-28-30-35-40-45-52(4)5)49-60-54(57)46-41-36-31-26-23-20-18-15-16-19-22-25-29-34-39-44-51(2)3/h51-53H,6-50H2,1-5H3/t53-/m0/s1. The fraction of sp³-hybridized carbons (Fsp3) is 0.946. The molecule has 62 heavy (non-hydrogen) atoms. The van der Waals surface area contributed by atoms with Gasteiger partial charge >= 0.3 is 17.9 Å². The van der Waals surface area contributed by atoms with E-state index in [0.29, 0.717) is 19.3 Å². The lowest BCUT2D eigenvalue weighted by Gasteiger charge is -2.18. The van der Waals surface area contributed by atoms with E-state index in [1.54, 1.807) is 0 Å². The molecule has 0 heterocycles. The van der Waals surface area contributed by atoms with Gasteiger partial charge in [-0.05, 0) is 31.1 Å². The van der Waals surface area contributed by atoms with Crippen molar-refractivity contribution in [3.05, 3.63) is 0 Å². The van der Waals surface area contributed by atoms with E-state index in [1.807, 2.05) is 0 Å². The van der Waals surface area contributed by atoms with Gasteiger partial charge in [0.1, 0.15) is 13.2 Å². The van der Waals surface area contributed by atoms with Crippen LogP contribution in [0.25, 0.3) is 0 Å². The van der Waals surface area contributed by atoms with Crippen molar-refractivity contribution in [1.29, 1.82) is 0 Å². The Labute approximate surface area is 387 Å². The van der Waals surface area contributed by atoms with Gasteiger partial charge in [-0.3, -0.25) is 14.4 Å². The third kappa shape index (κ3) is 49.4. The Morgan fingerprint density at radius 3 is 0.790 bits per heavy atom. The van der Waals surface area contributed by atoms with Gasteiger partial charge in [-0.15, -0.1) is 0 Å². The first-order chi connectivity index (χ1) is 30.2. The van der Waals surface area contributed by atoms with Gasteiger partial charge in [-0.25, -0.2) is 0 Å². The highest BCUT2D eigenvalue weighted by Gasteiger charge is 2.19. The maximum atomic E-state index is 12.8. The SMILES string of the molecule is CCCCCCCCCCCCCCCCCCC(=O)O[C@@H](COC(=O)CCCCCCCCCCCCCCCCCC(C)C)COC(=O)CCCCCCCCCC(C)C. The van der Waals surface area contributed by atoms with Gasteiger partial charge in [-0.1, -0.05) is 272 Å². The average Bonchev–Trinajstić information content (AvgIpc) is 3.24. The Morgan fingerprint density at radius 1 is 0.306 bits per heavy atom. The van der Waals surface area contributed by atoms with Crippen LogP contribution in [0.1, 0.15) is 311 Å². The van der Waals surface area contributed by atoms with E-state index in [-0.39, 0.29) is 31.1 Å². The molecule has 0 saturated carbocycles. The molecule has 0 spiro atoms. The molecule has 0 rings (SSSR count). The number of carbonyl (C=O) groups excluding carboxylic acids is 3. The van der Waals surface area contributed by atoms with E-state index in [2.05, 4.69) is 34.6 Å². The number of ether oxygens (including phenoxy) is 3. The Kier molecular flexibility index (Phi) is 47.6. The molecule has 6 nitrogen and oxygen atoms in total. The number of hydrogen-bond donors (Lipinski definition) is 0. The van der Waals surface area contributed by atoms with Gasteiger partial charge in [0, 0.05) is 19.3 Å². The van der Waals surface area contributed by atoms with Crippen molar-refractivity contribution in [2.24, 2.45) is 11.8 Å². The summed E-state index contributed by atoms with van der Waals surface area (Å²) >= 11 is 0. The van der Waals surface area contributed by atoms with Gasteiger partial charge in [0.15, 0.2) is 6.10 Å². The third-order valence-electron chi connectivity index (χ3n) is 12.7. The number of esters is 3. The molecular weight excluding hydrogens is 769 g/mol. The second-order valence-electron chi connectivity index (χ2n) is 20.2. The van der Waals surface area contributed by atoms with Crippen molar-refractivity contribution in [2.75, 3.05) is 13.2 Å². The summed E-state index contributed by atoms with van der Waals surface area (Å²) in [4.78, 5) is 38.0. The molecule has 0 N–H and O–H groups in total. The van der Waals surface area contributed by atoms with Crippen molar-refractivity contribution in [3.8, 4) is 0 Å². The molecule has 0 bridgehead atoms. The topological polar surface area (TPSA) is 78.9 Å². The molecule has 6 heteroatoms. The molecule has 0 aliphatic rings. The molecule has 0 aromatic rings. The molecule has 0 radical (unpaired) electrons. The summed E-state index contributed by atoms with van der Waals surface area (Å²) in [7, 11) is 0. The highest BCUT2D eigenvalue weighted by molar-refractivity contribution is 5.71. The van der Waals surface area contributed by atoms with E-state index >= 15 is 0 Å². The summed E-state index contributed by atoms with van der Waals surface area (Å²) < 4.78 is 16.8. The number of hydrogen-bond acceptors (Lipinski definition) is 6. The summed E-state index contributed by atoms with van der Waals surface area (Å²) in [6.45, 7) is 11.4. The highest BCUT2D eigenvalue weighted by Crippen LogP contribution is 2.18. The Morgan fingerprint density at radius 2 is 0.532 bits per heavy atom. The van der Waals surface area contributed by atoms with Crippen molar-refractivity contribution in [1.82, 2.24) is 0 Å². The molecule has 0 amide bonds. The Balaban J connectivity index is 4.25. The average molecular weight is 877 g/mol. The zero-order valence-electron chi connectivity index (χ0n) is 42.5. The van der Waals surface area contributed by atoms with Crippen LogP contribution in [0, 0.1) is 11.8 Å². The largest absolute Gasteiger partial charge is 0.462 e. The first-order valence-corrected chi connectivity index (χ1v) is 27.7. The summed E-state index contributed by atoms with van der Waals surface area (Å²) in [6, 6.07) is 0. The van der Waals surface area contributed by atoms with Crippen LogP contribution >= 0.6 is 0 Å². The zero-order chi connectivity index (χ0) is 45.4. The van der Waals surface area contributed by atoms with Crippen LogP contribution in [0.3, 0.4) is 0 Å². The van der Waals surface area contributed by atoms with Gasteiger partial charge in [0.05, 0.1) is 0 Å². The lowest BCUT2D eigenvalue weighted by molar-refractivity contribution is -0.167. The zero-order valence-corrected chi connectivity index (χ0v) is 42.5. The van der Waals surface area contributed by atoms with Gasteiger partial charge in [-0.2, -0.15) is 0 Å². The molecule has 0 aromatic carbocycles. The number of rotatable bonds is 50. The van der Waals surface area contributed by atoms with Crippen LogP contribution in [-0.2, 0) is 28.6 Å². The Hall–Kier alpha value is -1.59. The molecule has 368 valence electrons. The van der Waals surface area contributed by atoms with Crippen LogP contribution in [0.4, 0.5) is 0 Å². The van der Waals surface area contributed by atoms with Crippen LogP contribution in [-0.4, -0.2) is 37.2 Å². The summed E-state index contributed by atoms with van der Waals surface area (Å²) in [5, 5.41) is 0. The van der Waals surface area contributed by atoms with Crippen molar-refractivity contribution in [3.63, 3.8) is 0 Å². The minimum Gasteiger partial charge on any atom is -0.462 e. The van der Waals surface area contributed by atoms with E-state index < -0.39 is 6.10 Å². The van der Waals surface area contributed by atoms with E-state index in [9.17, 15) is 14.4 Å². The molecule has 0 aliphatic heterocycles.